The molecule has 0 radical (unpaired) electrons. The molecule has 0 saturated carbocycles. The Kier molecular flexibility index (Phi) is 7.23. The summed E-state index contributed by atoms with van der Waals surface area (Å²) in [6.45, 7) is 2.28. The SMILES string of the molecule is CC(SC1=N/C(=C\c2ccccc2)C(=O)N1c1ccc(F)cc1)C(=O)N(C)Cc1ccccc1. The van der Waals surface area contributed by atoms with Gasteiger partial charge in [0, 0.05) is 13.6 Å². The van der Waals surface area contributed by atoms with Crippen LogP contribution in [-0.2, 0) is 16.1 Å². The second-order valence-corrected chi connectivity index (χ2v) is 9.20. The smallest absolute Gasteiger partial charge is 0.283 e. The molecule has 1 heterocycles. The Morgan fingerprint density at radius 3 is 2.29 bits per heavy atom. The minimum Gasteiger partial charge on any atom is -0.340 e. The predicted octanol–water partition coefficient (Wildman–Crippen LogP) is 5.35. The maximum atomic E-state index is 13.5. The molecule has 1 unspecified atom stereocenters. The number of hydrogen-bond acceptors (Lipinski definition) is 4. The molecular weight excluding hydrogens is 449 g/mol. The predicted molar refractivity (Wildman–Crippen MR) is 136 cm³/mol. The first-order valence-electron chi connectivity index (χ1n) is 10.8. The number of carbonyl (C=O) groups excluding carboxylic acids is 2. The van der Waals surface area contributed by atoms with Crippen LogP contribution in [0.2, 0.25) is 0 Å². The summed E-state index contributed by atoms with van der Waals surface area (Å²) in [7, 11) is 1.76. The quantitative estimate of drug-likeness (QED) is 0.454. The van der Waals surface area contributed by atoms with Gasteiger partial charge >= 0.3 is 0 Å². The Morgan fingerprint density at radius 2 is 1.65 bits per heavy atom. The van der Waals surface area contributed by atoms with Gasteiger partial charge in [0.1, 0.15) is 11.5 Å². The monoisotopic (exact) mass is 473 g/mol. The molecular formula is C27H24FN3O2S. The lowest BCUT2D eigenvalue weighted by atomic mass is 10.2. The van der Waals surface area contributed by atoms with E-state index in [0.717, 1.165) is 11.1 Å². The van der Waals surface area contributed by atoms with Gasteiger partial charge in [-0.25, -0.2) is 9.38 Å². The number of halogens is 1. The molecule has 0 fully saturated rings. The molecule has 0 aliphatic carbocycles. The lowest BCUT2D eigenvalue weighted by Gasteiger charge is -2.23. The number of aliphatic imine (C=N–C) groups is 1. The van der Waals surface area contributed by atoms with Crippen molar-refractivity contribution < 1.29 is 14.0 Å². The van der Waals surface area contributed by atoms with Gasteiger partial charge in [-0.3, -0.25) is 14.5 Å². The van der Waals surface area contributed by atoms with Crippen LogP contribution in [0.3, 0.4) is 0 Å². The molecule has 0 bridgehead atoms. The van der Waals surface area contributed by atoms with Crippen molar-refractivity contribution in [3.63, 3.8) is 0 Å². The van der Waals surface area contributed by atoms with Crippen LogP contribution in [-0.4, -0.2) is 34.2 Å². The van der Waals surface area contributed by atoms with Crippen LogP contribution in [0.4, 0.5) is 10.1 Å². The first kappa shape index (κ1) is 23.4. The van der Waals surface area contributed by atoms with Gasteiger partial charge in [0.05, 0.1) is 10.9 Å². The average Bonchev–Trinajstić information content (AvgIpc) is 3.14. The van der Waals surface area contributed by atoms with Crippen molar-refractivity contribution in [2.24, 2.45) is 4.99 Å². The van der Waals surface area contributed by atoms with Gasteiger partial charge in [-0.2, -0.15) is 0 Å². The summed E-state index contributed by atoms with van der Waals surface area (Å²) in [5.74, 6) is -0.800. The van der Waals surface area contributed by atoms with E-state index in [4.69, 9.17) is 0 Å². The van der Waals surface area contributed by atoms with Crippen molar-refractivity contribution in [1.29, 1.82) is 0 Å². The number of hydrogen-bond donors (Lipinski definition) is 0. The largest absolute Gasteiger partial charge is 0.340 e. The third kappa shape index (κ3) is 5.43. The van der Waals surface area contributed by atoms with Crippen molar-refractivity contribution in [2.75, 3.05) is 11.9 Å². The van der Waals surface area contributed by atoms with E-state index in [9.17, 15) is 14.0 Å². The number of rotatable bonds is 6. The molecule has 3 aromatic rings. The van der Waals surface area contributed by atoms with Crippen LogP contribution < -0.4 is 4.90 Å². The van der Waals surface area contributed by atoms with Crippen LogP contribution in [0, 0.1) is 5.82 Å². The standard InChI is InChI=1S/C27H24FN3O2S/c1-19(25(32)30(2)18-21-11-7-4-8-12-21)34-27-29-24(17-20-9-5-3-6-10-20)26(33)31(27)23-15-13-22(28)14-16-23/h3-17,19H,18H2,1-2H3/b24-17-. The summed E-state index contributed by atoms with van der Waals surface area (Å²) in [4.78, 5) is 34.0. The summed E-state index contributed by atoms with van der Waals surface area (Å²) < 4.78 is 13.5. The third-order valence-electron chi connectivity index (χ3n) is 5.29. The van der Waals surface area contributed by atoms with E-state index in [1.165, 1.54) is 40.9 Å². The maximum absolute atomic E-state index is 13.5. The van der Waals surface area contributed by atoms with E-state index in [2.05, 4.69) is 4.99 Å². The molecule has 172 valence electrons. The zero-order valence-electron chi connectivity index (χ0n) is 18.9. The zero-order chi connectivity index (χ0) is 24.1. The van der Waals surface area contributed by atoms with Crippen LogP contribution in [0.1, 0.15) is 18.1 Å². The molecule has 1 atom stereocenters. The van der Waals surface area contributed by atoms with Crippen LogP contribution in [0.15, 0.2) is 95.6 Å². The highest BCUT2D eigenvalue weighted by Gasteiger charge is 2.34. The van der Waals surface area contributed by atoms with Crippen molar-refractivity contribution in [3.8, 4) is 0 Å². The van der Waals surface area contributed by atoms with Crippen LogP contribution in [0.5, 0.6) is 0 Å². The molecule has 34 heavy (non-hydrogen) atoms. The van der Waals surface area contributed by atoms with E-state index in [1.807, 2.05) is 60.7 Å². The highest BCUT2D eigenvalue weighted by atomic mass is 32.2. The molecule has 1 aliphatic rings. The fraction of sp³-hybridized carbons (Fsp3) is 0.148. The molecule has 0 N–H and O–H groups in total. The van der Waals surface area contributed by atoms with Gasteiger partial charge in [-0.15, -0.1) is 0 Å². The summed E-state index contributed by atoms with van der Waals surface area (Å²) in [6, 6.07) is 24.8. The lowest BCUT2D eigenvalue weighted by Crippen LogP contribution is -2.36. The van der Waals surface area contributed by atoms with Gasteiger partial charge in [0.15, 0.2) is 5.17 Å². The van der Waals surface area contributed by atoms with Crippen molar-refractivity contribution >= 4 is 40.5 Å². The van der Waals surface area contributed by atoms with Crippen molar-refractivity contribution in [1.82, 2.24) is 4.90 Å². The number of benzene rings is 3. The van der Waals surface area contributed by atoms with Gasteiger partial charge in [-0.05, 0) is 48.4 Å². The molecule has 5 nitrogen and oxygen atoms in total. The highest BCUT2D eigenvalue weighted by molar-refractivity contribution is 8.15. The fourth-order valence-electron chi connectivity index (χ4n) is 3.55. The van der Waals surface area contributed by atoms with Gasteiger partial charge in [-0.1, -0.05) is 72.4 Å². The second-order valence-electron chi connectivity index (χ2n) is 7.89. The number of nitrogens with zero attached hydrogens (tertiary/aromatic N) is 3. The maximum Gasteiger partial charge on any atom is 0.283 e. The minimum atomic E-state index is -0.487. The van der Waals surface area contributed by atoms with E-state index >= 15 is 0 Å². The Bertz CT molecular complexity index is 1230. The fourth-order valence-corrected chi connectivity index (χ4v) is 4.60. The normalized spacial score (nSPS) is 15.4. The van der Waals surface area contributed by atoms with Crippen LogP contribution in [0.25, 0.3) is 6.08 Å². The number of amidine groups is 1. The van der Waals surface area contributed by atoms with Gasteiger partial charge < -0.3 is 4.90 Å². The second kappa shape index (κ2) is 10.5. The topological polar surface area (TPSA) is 53.0 Å². The summed E-state index contributed by atoms with van der Waals surface area (Å²) in [6.07, 6.45) is 1.71. The van der Waals surface area contributed by atoms with Crippen LogP contribution >= 0.6 is 11.8 Å². The van der Waals surface area contributed by atoms with E-state index in [0.29, 0.717) is 17.4 Å². The number of anilines is 1. The molecule has 0 aromatic heterocycles. The van der Waals surface area contributed by atoms with Gasteiger partial charge in [0.2, 0.25) is 5.91 Å². The lowest BCUT2D eigenvalue weighted by molar-refractivity contribution is -0.129. The van der Waals surface area contributed by atoms with E-state index in [1.54, 1.807) is 24.9 Å². The van der Waals surface area contributed by atoms with E-state index in [-0.39, 0.29) is 17.5 Å². The zero-order valence-corrected chi connectivity index (χ0v) is 19.7. The first-order chi connectivity index (χ1) is 16.4. The van der Waals surface area contributed by atoms with Gasteiger partial charge in [0.25, 0.3) is 5.91 Å². The van der Waals surface area contributed by atoms with Crippen molar-refractivity contribution in [2.45, 2.75) is 18.7 Å². The Labute approximate surface area is 202 Å². The summed E-state index contributed by atoms with van der Waals surface area (Å²) in [5, 5.41) is -0.105. The number of amides is 2. The Hall–Kier alpha value is -3.71. The molecule has 7 heteroatoms. The molecule has 1 aliphatic heterocycles. The highest BCUT2D eigenvalue weighted by Crippen LogP contribution is 2.31. The summed E-state index contributed by atoms with van der Waals surface area (Å²) >= 11 is 1.21. The third-order valence-corrected chi connectivity index (χ3v) is 6.33. The number of thioether (sulfide) groups is 1. The Morgan fingerprint density at radius 1 is 1.03 bits per heavy atom. The molecule has 0 spiro atoms. The minimum absolute atomic E-state index is 0.0800. The molecule has 3 aromatic carbocycles. The molecule has 0 saturated heterocycles. The van der Waals surface area contributed by atoms with Crippen molar-refractivity contribution in [3.05, 3.63) is 108 Å². The number of carbonyl (C=O) groups is 2. The Balaban J connectivity index is 1.58. The average molecular weight is 474 g/mol. The van der Waals surface area contributed by atoms with E-state index < -0.39 is 11.1 Å². The summed E-state index contributed by atoms with van der Waals surface area (Å²) in [5.41, 5.74) is 2.62. The first-order valence-corrected chi connectivity index (χ1v) is 11.7. The molecule has 4 rings (SSSR count). The molecule has 2 amide bonds.